The second-order valence-electron chi connectivity index (χ2n) is 6.31. The molecule has 1 aliphatic rings. The molecule has 3 rings (SSSR count). The van der Waals surface area contributed by atoms with Gasteiger partial charge in [0.25, 0.3) is 0 Å². The summed E-state index contributed by atoms with van der Waals surface area (Å²) in [6.45, 7) is 6.91. The van der Waals surface area contributed by atoms with E-state index in [0.29, 0.717) is 17.8 Å². The Bertz CT molecular complexity index is 617. The van der Waals surface area contributed by atoms with Gasteiger partial charge in [0.2, 0.25) is 0 Å². The lowest BCUT2D eigenvalue weighted by Gasteiger charge is -2.23. The summed E-state index contributed by atoms with van der Waals surface area (Å²) < 4.78 is 2.48. The summed E-state index contributed by atoms with van der Waals surface area (Å²) in [5.41, 5.74) is 3.70. The lowest BCUT2D eigenvalue weighted by Crippen LogP contribution is -2.17. The minimum Gasteiger partial charge on any atom is -0.325 e. The van der Waals surface area contributed by atoms with E-state index >= 15 is 0 Å². The summed E-state index contributed by atoms with van der Waals surface area (Å²) in [6, 6.07) is 7.14. The first-order chi connectivity index (χ1) is 9.61. The first kappa shape index (κ1) is 13.9. The fourth-order valence-corrected chi connectivity index (χ4v) is 3.76. The van der Waals surface area contributed by atoms with Crippen molar-refractivity contribution in [2.75, 3.05) is 5.88 Å². The van der Waals surface area contributed by atoms with Gasteiger partial charge in [-0.2, -0.15) is 0 Å². The minimum absolute atomic E-state index is 0.579. The molecular formula is C17H23ClN2. The Morgan fingerprint density at radius 1 is 1.30 bits per heavy atom. The maximum absolute atomic E-state index is 5.99. The van der Waals surface area contributed by atoms with Crippen LogP contribution in [0.5, 0.6) is 0 Å². The van der Waals surface area contributed by atoms with Crippen LogP contribution >= 0.6 is 11.6 Å². The number of hydrogen-bond acceptors (Lipinski definition) is 1. The van der Waals surface area contributed by atoms with Crippen LogP contribution in [-0.2, 0) is 6.42 Å². The molecule has 3 unspecified atom stereocenters. The maximum atomic E-state index is 5.99. The SMILES string of the molecule is Cc1ccc2nc(CCCl)n(C3CCC(C)C3C)c2c1. The zero-order valence-electron chi connectivity index (χ0n) is 12.6. The van der Waals surface area contributed by atoms with E-state index in [0.717, 1.165) is 23.7 Å². The summed E-state index contributed by atoms with van der Waals surface area (Å²) >= 11 is 5.99. The molecule has 1 fully saturated rings. The number of alkyl halides is 1. The lowest BCUT2D eigenvalue weighted by atomic mass is 9.97. The average Bonchev–Trinajstić information content (AvgIpc) is 2.92. The largest absolute Gasteiger partial charge is 0.325 e. The van der Waals surface area contributed by atoms with Gasteiger partial charge < -0.3 is 4.57 Å². The monoisotopic (exact) mass is 290 g/mol. The van der Waals surface area contributed by atoms with Gasteiger partial charge in [-0.3, -0.25) is 0 Å². The van der Waals surface area contributed by atoms with Crippen LogP contribution in [0.15, 0.2) is 18.2 Å². The number of rotatable bonds is 3. The summed E-state index contributed by atoms with van der Waals surface area (Å²) in [5, 5.41) is 0. The Balaban J connectivity index is 2.15. The standard InChI is InChI=1S/C17H23ClN2/c1-11-4-6-14-16(10-11)20(17(19-14)8-9-18)15-7-5-12(2)13(15)3/h4,6,10,12-13,15H,5,7-9H2,1-3H3. The highest BCUT2D eigenvalue weighted by Gasteiger charge is 2.33. The molecular weight excluding hydrogens is 268 g/mol. The van der Waals surface area contributed by atoms with Crippen molar-refractivity contribution in [1.82, 2.24) is 9.55 Å². The molecule has 1 heterocycles. The van der Waals surface area contributed by atoms with E-state index in [2.05, 4.69) is 43.5 Å². The van der Waals surface area contributed by atoms with Crippen LogP contribution < -0.4 is 0 Å². The molecule has 0 bridgehead atoms. The Morgan fingerprint density at radius 3 is 2.75 bits per heavy atom. The van der Waals surface area contributed by atoms with Gasteiger partial charge in [0.05, 0.1) is 11.0 Å². The van der Waals surface area contributed by atoms with Crippen molar-refractivity contribution in [3.63, 3.8) is 0 Å². The number of fused-ring (bicyclic) bond motifs is 1. The third-order valence-electron chi connectivity index (χ3n) is 4.99. The number of halogens is 1. The molecule has 1 saturated carbocycles. The third-order valence-corrected chi connectivity index (χ3v) is 5.18. The van der Waals surface area contributed by atoms with Gasteiger partial charge in [-0.05, 0) is 49.3 Å². The van der Waals surface area contributed by atoms with Gasteiger partial charge in [-0.1, -0.05) is 19.9 Å². The highest BCUT2D eigenvalue weighted by Crippen LogP contribution is 2.42. The van der Waals surface area contributed by atoms with E-state index in [1.807, 2.05) is 0 Å². The van der Waals surface area contributed by atoms with E-state index in [1.54, 1.807) is 0 Å². The van der Waals surface area contributed by atoms with Gasteiger partial charge in [0, 0.05) is 18.3 Å². The fraction of sp³-hybridized carbons (Fsp3) is 0.588. The Morgan fingerprint density at radius 2 is 2.10 bits per heavy atom. The maximum Gasteiger partial charge on any atom is 0.111 e. The van der Waals surface area contributed by atoms with Crippen molar-refractivity contribution in [3.05, 3.63) is 29.6 Å². The van der Waals surface area contributed by atoms with Crippen molar-refractivity contribution < 1.29 is 0 Å². The number of benzene rings is 1. The van der Waals surface area contributed by atoms with Crippen LogP contribution in [0.25, 0.3) is 11.0 Å². The van der Waals surface area contributed by atoms with Crippen molar-refractivity contribution in [2.24, 2.45) is 11.8 Å². The van der Waals surface area contributed by atoms with Crippen LogP contribution in [0.3, 0.4) is 0 Å². The summed E-state index contributed by atoms with van der Waals surface area (Å²) in [4.78, 5) is 4.83. The molecule has 108 valence electrons. The quantitative estimate of drug-likeness (QED) is 0.747. The van der Waals surface area contributed by atoms with Gasteiger partial charge in [-0.15, -0.1) is 11.6 Å². The number of hydrogen-bond donors (Lipinski definition) is 0. The molecule has 1 aliphatic carbocycles. The van der Waals surface area contributed by atoms with Crippen LogP contribution in [0.2, 0.25) is 0 Å². The normalized spacial score (nSPS) is 26.5. The van der Waals surface area contributed by atoms with Crippen molar-refractivity contribution in [1.29, 1.82) is 0 Å². The molecule has 0 aliphatic heterocycles. The number of aryl methyl sites for hydroxylation is 2. The highest BCUT2D eigenvalue weighted by atomic mass is 35.5. The van der Waals surface area contributed by atoms with Crippen molar-refractivity contribution in [2.45, 2.75) is 46.1 Å². The minimum atomic E-state index is 0.579. The average molecular weight is 291 g/mol. The zero-order valence-corrected chi connectivity index (χ0v) is 13.3. The van der Waals surface area contributed by atoms with Crippen LogP contribution in [0.4, 0.5) is 0 Å². The van der Waals surface area contributed by atoms with E-state index in [9.17, 15) is 0 Å². The number of aromatic nitrogens is 2. The Labute approximate surface area is 126 Å². The predicted molar refractivity (Wildman–Crippen MR) is 85.5 cm³/mol. The van der Waals surface area contributed by atoms with Crippen molar-refractivity contribution >= 4 is 22.6 Å². The molecule has 1 aromatic heterocycles. The number of imidazole rings is 1. The topological polar surface area (TPSA) is 17.8 Å². The second-order valence-corrected chi connectivity index (χ2v) is 6.69. The van der Waals surface area contributed by atoms with E-state index in [4.69, 9.17) is 16.6 Å². The van der Waals surface area contributed by atoms with Crippen LogP contribution in [0.1, 0.15) is 44.1 Å². The van der Waals surface area contributed by atoms with E-state index in [-0.39, 0.29) is 0 Å². The molecule has 2 aromatic rings. The van der Waals surface area contributed by atoms with E-state index < -0.39 is 0 Å². The molecule has 0 radical (unpaired) electrons. The third kappa shape index (κ3) is 2.24. The van der Waals surface area contributed by atoms with Crippen molar-refractivity contribution in [3.8, 4) is 0 Å². The molecule has 3 atom stereocenters. The molecule has 0 saturated heterocycles. The number of nitrogens with zero attached hydrogens (tertiary/aromatic N) is 2. The molecule has 3 heteroatoms. The second kappa shape index (κ2) is 5.40. The Hall–Kier alpha value is -1.02. The van der Waals surface area contributed by atoms with E-state index in [1.165, 1.54) is 23.9 Å². The Kier molecular flexibility index (Phi) is 3.76. The zero-order chi connectivity index (χ0) is 14.3. The van der Waals surface area contributed by atoms with Gasteiger partial charge in [0.15, 0.2) is 0 Å². The summed E-state index contributed by atoms with van der Waals surface area (Å²) in [5.74, 6) is 3.30. The lowest BCUT2D eigenvalue weighted by molar-refractivity contribution is 0.352. The first-order valence-corrected chi connectivity index (χ1v) is 8.18. The van der Waals surface area contributed by atoms with Gasteiger partial charge in [0.1, 0.15) is 5.82 Å². The summed E-state index contributed by atoms with van der Waals surface area (Å²) in [6.07, 6.45) is 3.43. The molecule has 20 heavy (non-hydrogen) atoms. The molecule has 1 aromatic carbocycles. The molecule has 0 N–H and O–H groups in total. The predicted octanol–water partition coefficient (Wildman–Crippen LogP) is 4.73. The smallest absolute Gasteiger partial charge is 0.111 e. The fourth-order valence-electron chi connectivity index (χ4n) is 3.59. The van der Waals surface area contributed by atoms with Crippen LogP contribution in [0, 0.1) is 18.8 Å². The van der Waals surface area contributed by atoms with Crippen LogP contribution in [-0.4, -0.2) is 15.4 Å². The molecule has 0 amide bonds. The molecule has 2 nitrogen and oxygen atoms in total. The highest BCUT2D eigenvalue weighted by molar-refractivity contribution is 6.17. The summed E-state index contributed by atoms with van der Waals surface area (Å²) in [7, 11) is 0. The van der Waals surface area contributed by atoms with Gasteiger partial charge >= 0.3 is 0 Å². The van der Waals surface area contributed by atoms with Gasteiger partial charge in [-0.25, -0.2) is 4.98 Å². The first-order valence-electron chi connectivity index (χ1n) is 7.65. The molecule has 0 spiro atoms.